The fourth-order valence-corrected chi connectivity index (χ4v) is 7.99. The van der Waals surface area contributed by atoms with Crippen LogP contribution < -0.4 is 0 Å². The van der Waals surface area contributed by atoms with E-state index in [2.05, 4.69) is 37.8 Å². The average Bonchev–Trinajstić information content (AvgIpc) is 3.31. The van der Waals surface area contributed by atoms with Crippen LogP contribution in [0.1, 0.15) is 180 Å². The lowest BCUT2D eigenvalue weighted by Gasteiger charge is -2.42. The number of aliphatic hydroxyl groups is 7. The highest BCUT2D eigenvalue weighted by atomic mass is 16.7. The van der Waals surface area contributed by atoms with Crippen molar-refractivity contribution in [2.24, 2.45) is 0 Å². The first-order valence-electron chi connectivity index (χ1n) is 25.5. The largest absolute Gasteiger partial charge is 0.462 e. The van der Waals surface area contributed by atoms with E-state index in [0.29, 0.717) is 12.8 Å². The minimum atomic E-state index is -1.77. The molecule has 2 fully saturated rings. The van der Waals surface area contributed by atoms with Gasteiger partial charge in [0.05, 0.1) is 19.8 Å². The van der Waals surface area contributed by atoms with Crippen LogP contribution in [0.3, 0.4) is 0 Å². The average molecular weight is 943 g/mol. The molecule has 0 aromatic carbocycles. The molecule has 7 N–H and O–H groups in total. The summed E-state index contributed by atoms with van der Waals surface area (Å²) in [6.07, 6.45) is 22.0. The third-order valence-electron chi connectivity index (χ3n) is 12.2. The molecule has 11 atom stereocenters. The van der Waals surface area contributed by atoms with Gasteiger partial charge in [0.15, 0.2) is 18.7 Å². The van der Waals surface area contributed by atoms with Crippen molar-refractivity contribution < 1.29 is 73.8 Å². The highest BCUT2D eigenvalue weighted by Gasteiger charge is 2.47. The summed E-state index contributed by atoms with van der Waals surface area (Å²) in [5.74, 6) is -0.942. The Morgan fingerprint density at radius 1 is 0.530 bits per heavy atom. The molecule has 0 aromatic rings. The number of aliphatic hydroxyl groups excluding tert-OH is 7. The van der Waals surface area contributed by atoms with Crippen LogP contribution in [0.25, 0.3) is 0 Å². The Kier molecular flexibility index (Phi) is 35.0. The Bertz CT molecular complexity index is 1280. The van der Waals surface area contributed by atoms with Crippen molar-refractivity contribution in [2.45, 2.75) is 248 Å². The van der Waals surface area contributed by atoms with Gasteiger partial charge in [0.1, 0.15) is 55.4 Å². The number of esters is 2. The van der Waals surface area contributed by atoms with Crippen molar-refractivity contribution in [3.63, 3.8) is 0 Å². The molecule has 0 aromatic heterocycles. The lowest BCUT2D eigenvalue weighted by Crippen LogP contribution is -2.61. The molecular formula is C51H90O15. The van der Waals surface area contributed by atoms with Gasteiger partial charge >= 0.3 is 11.9 Å². The zero-order valence-corrected chi connectivity index (χ0v) is 40.3. The molecule has 0 aliphatic carbocycles. The summed E-state index contributed by atoms with van der Waals surface area (Å²) >= 11 is 0. The Morgan fingerprint density at radius 3 is 1.52 bits per heavy atom. The predicted molar refractivity (Wildman–Crippen MR) is 252 cm³/mol. The van der Waals surface area contributed by atoms with Gasteiger partial charge < -0.3 is 64.2 Å². The molecule has 384 valence electrons. The van der Waals surface area contributed by atoms with Gasteiger partial charge in [0, 0.05) is 12.8 Å². The number of unbranched alkanes of at least 4 members (excludes halogenated alkanes) is 21. The van der Waals surface area contributed by atoms with Gasteiger partial charge in [-0.25, -0.2) is 0 Å². The Morgan fingerprint density at radius 2 is 0.985 bits per heavy atom. The number of rotatable bonds is 40. The minimum absolute atomic E-state index is 0.149. The lowest BCUT2D eigenvalue weighted by molar-refractivity contribution is -0.332. The maximum Gasteiger partial charge on any atom is 0.306 e. The molecule has 0 amide bonds. The summed E-state index contributed by atoms with van der Waals surface area (Å²) in [6.45, 7) is 4.08. The van der Waals surface area contributed by atoms with E-state index >= 15 is 0 Å². The van der Waals surface area contributed by atoms with Gasteiger partial charge in [-0.3, -0.25) is 9.59 Å². The number of hydrogen-bond acceptors (Lipinski definition) is 15. The van der Waals surface area contributed by atoms with Crippen molar-refractivity contribution in [3.8, 4) is 0 Å². The van der Waals surface area contributed by atoms with E-state index in [1.165, 1.54) is 77.0 Å². The first-order valence-corrected chi connectivity index (χ1v) is 25.5. The molecule has 15 heteroatoms. The molecule has 2 aliphatic heterocycles. The molecule has 0 radical (unpaired) electrons. The summed E-state index contributed by atoms with van der Waals surface area (Å²) in [7, 11) is 0. The molecular weight excluding hydrogens is 853 g/mol. The zero-order valence-electron chi connectivity index (χ0n) is 40.3. The van der Waals surface area contributed by atoms with Crippen LogP contribution in [0.2, 0.25) is 0 Å². The number of ether oxygens (including phenoxy) is 6. The fourth-order valence-electron chi connectivity index (χ4n) is 7.99. The topological polar surface area (TPSA) is 231 Å². The van der Waals surface area contributed by atoms with E-state index in [1.54, 1.807) is 0 Å². The van der Waals surface area contributed by atoms with E-state index in [0.717, 1.165) is 70.6 Å². The summed E-state index contributed by atoms with van der Waals surface area (Å²) in [5, 5.41) is 72.0. The van der Waals surface area contributed by atoms with Crippen molar-refractivity contribution in [2.75, 3.05) is 26.4 Å². The van der Waals surface area contributed by atoms with Crippen LogP contribution in [0, 0.1) is 0 Å². The second-order valence-corrected chi connectivity index (χ2v) is 18.1. The molecule has 2 heterocycles. The van der Waals surface area contributed by atoms with Crippen molar-refractivity contribution >= 4 is 11.9 Å². The minimum Gasteiger partial charge on any atom is -0.462 e. The second kappa shape index (κ2) is 38.6. The maximum absolute atomic E-state index is 13.0. The molecule has 0 bridgehead atoms. The van der Waals surface area contributed by atoms with E-state index in [-0.39, 0.29) is 26.1 Å². The maximum atomic E-state index is 13.0. The zero-order chi connectivity index (χ0) is 48.2. The van der Waals surface area contributed by atoms with Crippen molar-refractivity contribution in [3.05, 3.63) is 37.0 Å². The van der Waals surface area contributed by atoms with Gasteiger partial charge in [-0.05, 0) is 57.8 Å². The quantitative estimate of drug-likeness (QED) is 0.0188. The Labute approximate surface area is 395 Å². The van der Waals surface area contributed by atoms with Crippen LogP contribution in [0.4, 0.5) is 0 Å². The van der Waals surface area contributed by atoms with Gasteiger partial charge in [-0.2, -0.15) is 0 Å². The third-order valence-corrected chi connectivity index (χ3v) is 12.2. The van der Waals surface area contributed by atoms with E-state index in [1.807, 2.05) is 6.08 Å². The Balaban J connectivity index is 1.81. The molecule has 0 spiro atoms. The van der Waals surface area contributed by atoms with Gasteiger partial charge in [-0.15, -0.1) is 6.58 Å². The highest BCUT2D eigenvalue weighted by Crippen LogP contribution is 2.26. The fraction of sp³-hybridized carbons (Fsp3) is 0.843. The summed E-state index contributed by atoms with van der Waals surface area (Å²) < 4.78 is 33.5. The van der Waals surface area contributed by atoms with Crippen molar-refractivity contribution in [1.29, 1.82) is 0 Å². The summed E-state index contributed by atoms with van der Waals surface area (Å²) in [6, 6.07) is 0. The van der Waals surface area contributed by atoms with Crippen LogP contribution in [-0.4, -0.2) is 142 Å². The first-order chi connectivity index (χ1) is 32.0. The molecule has 4 unspecified atom stereocenters. The normalized spacial score (nSPS) is 26.2. The number of carbonyl (C=O) groups is 2. The van der Waals surface area contributed by atoms with Crippen LogP contribution in [0.5, 0.6) is 0 Å². The Hall–Kier alpha value is -2.28. The number of hydrogen-bond donors (Lipinski definition) is 7. The molecule has 2 aliphatic rings. The second-order valence-electron chi connectivity index (χ2n) is 18.1. The monoisotopic (exact) mass is 943 g/mol. The van der Waals surface area contributed by atoms with E-state index in [4.69, 9.17) is 28.4 Å². The van der Waals surface area contributed by atoms with Gasteiger partial charge in [0.25, 0.3) is 0 Å². The van der Waals surface area contributed by atoms with Gasteiger partial charge in [0.2, 0.25) is 0 Å². The molecule has 0 saturated carbocycles. The van der Waals surface area contributed by atoms with Crippen molar-refractivity contribution in [1.82, 2.24) is 0 Å². The van der Waals surface area contributed by atoms with Crippen LogP contribution >= 0.6 is 0 Å². The molecule has 66 heavy (non-hydrogen) atoms. The van der Waals surface area contributed by atoms with Crippen LogP contribution in [-0.2, 0) is 38.0 Å². The third kappa shape index (κ3) is 26.5. The van der Waals surface area contributed by atoms with Gasteiger partial charge in [-0.1, -0.05) is 140 Å². The molecule has 2 rings (SSSR count). The smallest absolute Gasteiger partial charge is 0.306 e. The molecule has 2 saturated heterocycles. The highest BCUT2D eigenvalue weighted by molar-refractivity contribution is 5.70. The van der Waals surface area contributed by atoms with Crippen LogP contribution in [0.15, 0.2) is 37.0 Å². The SMILES string of the molecule is C=CCCCCCCCCCCCCCCCC(=O)OC[C@H](CO[C@@H]1O[C@H](CO[C@@H]2O[C@H](CO)[C@H](O)C(O)C2O)[C@H](O)C(O)C1O)OC(=O)CCCCCCC/C=C/C/C=C/CCCCC. The first kappa shape index (κ1) is 59.8. The molecule has 15 nitrogen and oxygen atoms in total. The van der Waals surface area contributed by atoms with E-state index < -0.39 is 92.7 Å². The number of allylic oxidation sites excluding steroid dienone is 5. The predicted octanol–water partition coefficient (Wildman–Crippen LogP) is 6.93. The van der Waals surface area contributed by atoms with E-state index in [9.17, 15) is 45.3 Å². The standard InChI is InChI=1S/C51H90O15/c1-3-5-7-9-11-13-15-17-19-21-23-25-27-29-31-33-42(53)61-36-39(64-43(54)34-32-30-28-26-24-22-20-18-16-14-12-10-8-6-4-2)37-62-50-49(60)47(58)45(56)41(66-50)38-63-51-48(59)46(57)44(55)40(35-52)65-51/h3,12,14,18,20,39-41,44-52,55-60H,1,4-11,13,15-17,19,21-38H2,2H3/b14-12+,20-18+/t39-,40-,41-,44+,45+,46?,47?,48?,49?,50-,51-/m1/s1. The lowest BCUT2D eigenvalue weighted by atomic mass is 9.98. The summed E-state index contributed by atoms with van der Waals surface area (Å²) in [5.41, 5.74) is 0. The summed E-state index contributed by atoms with van der Waals surface area (Å²) in [4.78, 5) is 25.7. The number of carbonyl (C=O) groups excluding carboxylic acids is 2.